The highest BCUT2D eigenvalue weighted by atomic mass is 15.4. The van der Waals surface area contributed by atoms with Gasteiger partial charge in [-0.3, -0.25) is 0 Å². The molecule has 0 saturated heterocycles. The molecule has 0 unspecified atom stereocenters. The number of fused-ring (bicyclic) bond motifs is 1. The fourth-order valence-corrected chi connectivity index (χ4v) is 2.77. The summed E-state index contributed by atoms with van der Waals surface area (Å²) in [6.07, 6.45) is 12.0. The first kappa shape index (κ1) is 14.5. The normalized spacial score (nSPS) is 14.6. The zero-order chi connectivity index (χ0) is 13.3. The lowest BCUT2D eigenvalue weighted by atomic mass is 10.1. The Bertz CT molecular complexity index is 359. The smallest absolute Gasteiger partial charge is 0.0997 e. The number of unbranched alkanes of at least 4 members (excludes halogenated alkanes) is 7. The van der Waals surface area contributed by atoms with E-state index in [9.17, 15) is 0 Å². The Morgan fingerprint density at radius 3 is 2.58 bits per heavy atom. The molecule has 4 nitrogen and oxygen atoms in total. The molecule has 108 valence electrons. The lowest BCUT2D eigenvalue weighted by Gasteiger charge is -2.13. The Hall–Kier alpha value is -0.900. The van der Waals surface area contributed by atoms with E-state index in [1.165, 1.54) is 57.1 Å². The number of aryl methyl sites for hydroxylation is 1. The zero-order valence-electron chi connectivity index (χ0n) is 12.3. The predicted octanol–water partition coefficient (Wildman–Crippen LogP) is 3.06. The van der Waals surface area contributed by atoms with Gasteiger partial charge in [0, 0.05) is 26.1 Å². The second kappa shape index (κ2) is 8.31. The van der Waals surface area contributed by atoms with Gasteiger partial charge in [0.2, 0.25) is 0 Å². The minimum absolute atomic E-state index is 0.896. The van der Waals surface area contributed by atoms with Gasteiger partial charge in [0.25, 0.3) is 0 Å². The van der Waals surface area contributed by atoms with Crippen LogP contribution in [0.25, 0.3) is 0 Å². The summed E-state index contributed by atoms with van der Waals surface area (Å²) in [5.74, 6) is 0. The molecule has 1 aliphatic rings. The van der Waals surface area contributed by atoms with Crippen LogP contribution in [0.15, 0.2) is 0 Å². The number of nitrogens with zero attached hydrogens (tertiary/aromatic N) is 3. The van der Waals surface area contributed by atoms with Crippen LogP contribution < -0.4 is 5.32 Å². The number of rotatable bonds is 9. The van der Waals surface area contributed by atoms with Gasteiger partial charge in [0.15, 0.2) is 0 Å². The largest absolute Gasteiger partial charge is 0.311 e. The van der Waals surface area contributed by atoms with Crippen molar-refractivity contribution in [1.82, 2.24) is 20.3 Å². The fraction of sp³-hybridized carbons (Fsp3) is 0.867. The molecule has 0 saturated carbocycles. The van der Waals surface area contributed by atoms with Crippen molar-refractivity contribution < 1.29 is 0 Å². The summed E-state index contributed by atoms with van der Waals surface area (Å²) in [5.41, 5.74) is 2.52. The van der Waals surface area contributed by atoms with E-state index >= 15 is 0 Å². The van der Waals surface area contributed by atoms with Gasteiger partial charge in [0.05, 0.1) is 11.4 Å². The maximum Gasteiger partial charge on any atom is 0.0997 e. The Morgan fingerprint density at radius 2 is 1.79 bits per heavy atom. The molecule has 0 spiro atoms. The minimum Gasteiger partial charge on any atom is -0.311 e. The Morgan fingerprint density at radius 1 is 1.05 bits per heavy atom. The first-order valence-corrected chi connectivity index (χ1v) is 8.03. The number of nitrogens with one attached hydrogen (secondary N) is 1. The quantitative estimate of drug-likeness (QED) is 0.697. The topological polar surface area (TPSA) is 42.7 Å². The van der Waals surface area contributed by atoms with Crippen molar-refractivity contribution in [2.45, 2.75) is 77.8 Å². The first-order chi connectivity index (χ1) is 9.42. The molecule has 4 heteroatoms. The molecule has 19 heavy (non-hydrogen) atoms. The van der Waals surface area contributed by atoms with Crippen molar-refractivity contribution in [3.05, 3.63) is 11.4 Å². The van der Waals surface area contributed by atoms with Crippen molar-refractivity contribution in [1.29, 1.82) is 0 Å². The molecule has 1 aromatic heterocycles. The summed E-state index contributed by atoms with van der Waals surface area (Å²) in [6.45, 7) is 5.29. The summed E-state index contributed by atoms with van der Waals surface area (Å²) in [6, 6.07) is 0. The third-order valence-electron chi connectivity index (χ3n) is 3.97. The Kier molecular flexibility index (Phi) is 6.34. The van der Waals surface area contributed by atoms with Crippen LogP contribution >= 0.6 is 0 Å². The Labute approximate surface area is 117 Å². The van der Waals surface area contributed by atoms with Crippen LogP contribution in [0.3, 0.4) is 0 Å². The molecule has 0 bridgehead atoms. The third kappa shape index (κ3) is 4.60. The van der Waals surface area contributed by atoms with E-state index in [2.05, 4.69) is 27.2 Å². The van der Waals surface area contributed by atoms with E-state index in [0.29, 0.717) is 0 Å². The Balaban J connectivity index is 1.57. The van der Waals surface area contributed by atoms with E-state index in [1.807, 2.05) is 0 Å². The molecule has 0 fully saturated rings. The highest BCUT2D eigenvalue weighted by Gasteiger charge is 2.15. The summed E-state index contributed by atoms with van der Waals surface area (Å²) in [5, 5.41) is 11.9. The van der Waals surface area contributed by atoms with E-state index < -0.39 is 0 Å². The van der Waals surface area contributed by atoms with Crippen LogP contribution in [0.5, 0.6) is 0 Å². The van der Waals surface area contributed by atoms with Crippen molar-refractivity contribution in [2.75, 3.05) is 6.54 Å². The second-order valence-corrected chi connectivity index (χ2v) is 5.61. The average molecular weight is 264 g/mol. The first-order valence-electron chi connectivity index (χ1n) is 8.03. The van der Waals surface area contributed by atoms with Gasteiger partial charge in [-0.25, -0.2) is 4.68 Å². The van der Waals surface area contributed by atoms with Gasteiger partial charge < -0.3 is 5.32 Å². The monoisotopic (exact) mass is 264 g/mol. The molecule has 0 radical (unpaired) electrons. The van der Waals surface area contributed by atoms with Crippen molar-refractivity contribution in [3.63, 3.8) is 0 Å². The van der Waals surface area contributed by atoms with Gasteiger partial charge in [-0.1, -0.05) is 57.1 Å². The number of aromatic nitrogens is 3. The second-order valence-electron chi connectivity index (χ2n) is 5.61. The summed E-state index contributed by atoms with van der Waals surface area (Å²) >= 11 is 0. The highest BCUT2D eigenvalue weighted by Crippen LogP contribution is 2.13. The van der Waals surface area contributed by atoms with Gasteiger partial charge in [-0.2, -0.15) is 0 Å². The average Bonchev–Trinajstić information content (AvgIpc) is 2.85. The van der Waals surface area contributed by atoms with E-state index in [1.54, 1.807) is 0 Å². The van der Waals surface area contributed by atoms with Crippen molar-refractivity contribution in [2.24, 2.45) is 0 Å². The maximum atomic E-state index is 4.28. The van der Waals surface area contributed by atoms with E-state index in [-0.39, 0.29) is 0 Å². The number of hydrogen-bond donors (Lipinski definition) is 1. The molecule has 1 aliphatic heterocycles. The lowest BCUT2D eigenvalue weighted by Crippen LogP contribution is -2.25. The van der Waals surface area contributed by atoms with Crippen LogP contribution in [0, 0.1) is 0 Å². The van der Waals surface area contributed by atoms with Crippen LogP contribution in [-0.4, -0.2) is 21.5 Å². The maximum absolute atomic E-state index is 4.28. The third-order valence-corrected chi connectivity index (χ3v) is 3.97. The minimum atomic E-state index is 0.896. The molecular formula is C15H28N4. The molecule has 1 aromatic rings. The summed E-state index contributed by atoms with van der Waals surface area (Å²) in [4.78, 5) is 0. The van der Waals surface area contributed by atoms with Crippen LogP contribution in [0.1, 0.15) is 69.7 Å². The fourth-order valence-electron chi connectivity index (χ4n) is 2.77. The van der Waals surface area contributed by atoms with E-state index in [4.69, 9.17) is 0 Å². The van der Waals surface area contributed by atoms with Crippen LogP contribution in [0.4, 0.5) is 0 Å². The van der Waals surface area contributed by atoms with Crippen LogP contribution in [-0.2, 0) is 19.5 Å². The number of hydrogen-bond acceptors (Lipinski definition) is 3. The van der Waals surface area contributed by atoms with Gasteiger partial charge in [-0.05, 0) is 6.42 Å². The predicted molar refractivity (Wildman–Crippen MR) is 78.0 cm³/mol. The molecule has 2 rings (SSSR count). The van der Waals surface area contributed by atoms with Gasteiger partial charge >= 0.3 is 0 Å². The highest BCUT2D eigenvalue weighted by molar-refractivity contribution is 5.13. The molecule has 0 atom stereocenters. The SMILES string of the molecule is CCCCCCCCCCn1nnc2c1CCNC2. The zero-order valence-corrected chi connectivity index (χ0v) is 12.3. The van der Waals surface area contributed by atoms with Crippen molar-refractivity contribution in [3.8, 4) is 0 Å². The molecule has 0 aromatic carbocycles. The molecule has 0 amide bonds. The van der Waals surface area contributed by atoms with Crippen molar-refractivity contribution >= 4 is 0 Å². The lowest BCUT2D eigenvalue weighted by molar-refractivity contribution is 0.493. The standard InChI is InChI=1S/C15H28N4/c1-2-3-4-5-6-7-8-9-12-19-15-10-11-16-13-14(15)17-18-19/h16H,2-13H2,1H3. The molecule has 2 heterocycles. The molecule has 0 aliphatic carbocycles. The van der Waals surface area contributed by atoms with Crippen LogP contribution in [0.2, 0.25) is 0 Å². The molecular weight excluding hydrogens is 236 g/mol. The van der Waals surface area contributed by atoms with Gasteiger partial charge in [-0.15, -0.1) is 5.10 Å². The molecule has 1 N–H and O–H groups in total. The summed E-state index contributed by atoms with van der Waals surface area (Å²) in [7, 11) is 0. The van der Waals surface area contributed by atoms with E-state index in [0.717, 1.165) is 31.7 Å². The summed E-state index contributed by atoms with van der Waals surface area (Å²) < 4.78 is 2.13. The van der Waals surface area contributed by atoms with Gasteiger partial charge in [0.1, 0.15) is 0 Å².